The van der Waals surface area contributed by atoms with Crippen LogP contribution < -0.4 is 10.6 Å². The van der Waals surface area contributed by atoms with Gasteiger partial charge in [0.05, 0.1) is 0 Å². The molecule has 23 heavy (non-hydrogen) atoms. The van der Waals surface area contributed by atoms with Crippen molar-refractivity contribution < 1.29 is 9.18 Å². The molecule has 1 aliphatic carbocycles. The fraction of sp³-hybridized carbons (Fsp3) is 0.632. The monoisotopic (exact) mass is 318 g/mol. The van der Waals surface area contributed by atoms with E-state index in [1.807, 2.05) is 12.1 Å². The minimum Gasteiger partial charge on any atom is -0.355 e. The van der Waals surface area contributed by atoms with E-state index in [1.54, 1.807) is 0 Å². The van der Waals surface area contributed by atoms with Gasteiger partial charge in [-0.1, -0.05) is 25.0 Å². The highest BCUT2D eigenvalue weighted by Crippen LogP contribution is 2.40. The van der Waals surface area contributed by atoms with Gasteiger partial charge in [0.25, 0.3) is 0 Å². The van der Waals surface area contributed by atoms with E-state index in [0.29, 0.717) is 12.6 Å². The molecule has 1 heterocycles. The van der Waals surface area contributed by atoms with Crippen LogP contribution in [0.4, 0.5) is 4.39 Å². The van der Waals surface area contributed by atoms with Gasteiger partial charge in [-0.15, -0.1) is 0 Å². The summed E-state index contributed by atoms with van der Waals surface area (Å²) in [6.45, 7) is 3.73. The molecular weight excluding hydrogens is 291 g/mol. The van der Waals surface area contributed by atoms with Gasteiger partial charge < -0.3 is 10.6 Å². The maximum atomic E-state index is 13.2. The molecule has 1 saturated carbocycles. The van der Waals surface area contributed by atoms with E-state index in [9.17, 15) is 9.18 Å². The van der Waals surface area contributed by atoms with Gasteiger partial charge in [0.1, 0.15) is 5.82 Å². The van der Waals surface area contributed by atoms with E-state index in [2.05, 4.69) is 17.6 Å². The molecule has 0 spiro atoms. The summed E-state index contributed by atoms with van der Waals surface area (Å²) in [7, 11) is 0. The van der Waals surface area contributed by atoms with E-state index in [0.717, 1.165) is 37.8 Å². The number of carbonyl (C=O) groups is 1. The molecule has 2 atom stereocenters. The van der Waals surface area contributed by atoms with E-state index in [1.165, 1.54) is 25.0 Å². The van der Waals surface area contributed by atoms with Crippen LogP contribution in [-0.4, -0.2) is 25.0 Å². The Morgan fingerprint density at radius 2 is 2.00 bits per heavy atom. The molecule has 3 rings (SSSR count). The van der Waals surface area contributed by atoms with E-state index >= 15 is 0 Å². The van der Waals surface area contributed by atoms with Crippen molar-refractivity contribution in [2.24, 2.45) is 5.92 Å². The average Bonchev–Trinajstić information content (AvgIpc) is 3.03. The predicted molar refractivity (Wildman–Crippen MR) is 89.7 cm³/mol. The molecule has 2 N–H and O–H groups in total. The van der Waals surface area contributed by atoms with Crippen molar-refractivity contribution in [1.82, 2.24) is 10.6 Å². The number of carbonyl (C=O) groups excluding carboxylic acids is 1. The molecular formula is C19H27FN2O. The highest BCUT2D eigenvalue weighted by atomic mass is 19.1. The fourth-order valence-corrected chi connectivity index (χ4v) is 4.19. The summed E-state index contributed by atoms with van der Waals surface area (Å²) in [6, 6.07) is 7.26. The summed E-state index contributed by atoms with van der Waals surface area (Å²) < 4.78 is 13.2. The molecule has 1 aliphatic heterocycles. The van der Waals surface area contributed by atoms with Gasteiger partial charge in [-0.2, -0.15) is 0 Å². The topological polar surface area (TPSA) is 41.1 Å². The van der Waals surface area contributed by atoms with Crippen LogP contribution in [0.25, 0.3) is 0 Å². The van der Waals surface area contributed by atoms with Gasteiger partial charge in [-0.3, -0.25) is 4.79 Å². The third-order valence-electron chi connectivity index (χ3n) is 5.61. The second-order valence-corrected chi connectivity index (χ2v) is 7.29. The van der Waals surface area contributed by atoms with Gasteiger partial charge in [0.15, 0.2) is 0 Å². The molecule has 0 aromatic heterocycles. The second-order valence-electron chi connectivity index (χ2n) is 7.29. The summed E-state index contributed by atoms with van der Waals surface area (Å²) >= 11 is 0. The molecule has 1 saturated heterocycles. The van der Waals surface area contributed by atoms with Gasteiger partial charge >= 0.3 is 0 Å². The van der Waals surface area contributed by atoms with Crippen molar-refractivity contribution in [1.29, 1.82) is 0 Å². The zero-order valence-electron chi connectivity index (χ0n) is 13.9. The van der Waals surface area contributed by atoms with Crippen LogP contribution in [-0.2, 0) is 10.2 Å². The second kappa shape index (κ2) is 7.00. The highest BCUT2D eigenvalue weighted by molar-refractivity contribution is 5.79. The fourth-order valence-electron chi connectivity index (χ4n) is 4.19. The Kier molecular flexibility index (Phi) is 5.00. The normalized spacial score (nSPS) is 26.9. The number of halogens is 1. The molecule has 0 radical (unpaired) electrons. The van der Waals surface area contributed by atoms with E-state index in [-0.39, 0.29) is 23.1 Å². The van der Waals surface area contributed by atoms with Crippen molar-refractivity contribution in [3.05, 3.63) is 35.6 Å². The summed E-state index contributed by atoms with van der Waals surface area (Å²) in [6.07, 6.45) is 6.33. The largest absolute Gasteiger partial charge is 0.355 e. The molecule has 1 aromatic rings. The van der Waals surface area contributed by atoms with Crippen LogP contribution in [0, 0.1) is 11.7 Å². The first-order valence-electron chi connectivity index (χ1n) is 8.86. The molecule has 0 unspecified atom stereocenters. The lowest BCUT2D eigenvalue weighted by molar-refractivity contribution is -0.126. The smallest absolute Gasteiger partial charge is 0.223 e. The molecule has 1 amide bonds. The van der Waals surface area contributed by atoms with Crippen molar-refractivity contribution in [2.75, 3.05) is 13.1 Å². The summed E-state index contributed by atoms with van der Waals surface area (Å²) in [5.41, 5.74) is 1.15. The van der Waals surface area contributed by atoms with Gasteiger partial charge in [0, 0.05) is 23.9 Å². The number of amides is 1. The van der Waals surface area contributed by atoms with Gasteiger partial charge in [0.2, 0.25) is 5.91 Å². The quantitative estimate of drug-likeness (QED) is 0.895. The summed E-state index contributed by atoms with van der Waals surface area (Å²) in [5, 5.41) is 6.60. The van der Waals surface area contributed by atoms with E-state index < -0.39 is 0 Å². The predicted octanol–water partition coefficient (Wildman–Crippen LogP) is 3.14. The molecule has 126 valence electrons. The lowest BCUT2D eigenvalue weighted by atomic mass is 9.78. The molecule has 1 aromatic carbocycles. The Balaban J connectivity index is 1.66. The van der Waals surface area contributed by atoms with Crippen molar-refractivity contribution in [2.45, 2.75) is 56.9 Å². The molecule has 2 aliphatic rings. The Morgan fingerprint density at radius 3 is 2.65 bits per heavy atom. The molecule has 0 bridgehead atoms. The molecule has 4 heteroatoms. The lowest BCUT2D eigenvalue weighted by Crippen LogP contribution is -2.45. The van der Waals surface area contributed by atoms with E-state index in [4.69, 9.17) is 0 Å². The van der Waals surface area contributed by atoms with Crippen LogP contribution in [0.2, 0.25) is 0 Å². The zero-order valence-corrected chi connectivity index (χ0v) is 13.9. The van der Waals surface area contributed by atoms with Crippen molar-refractivity contribution in [3.63, 3.8) is 0 Å². The summed E-state index contributed by atoms with van der Waals surface area (Å²) in [5.74, 6) is 0.110. The minimum absolute atomic E-state index is 0.0120. The number of rotatable bonds is 4. The maximum absolute atomic E-state index is 13.2. The summed E-state index contributed by atoms with van der Waals surface area (Å²) in [4.78, 5) is 12.5. The number of nitrogens with one attached hydrogen (secondary N) is 2. The third-order valence-corrected chi connectivity index (χ3v) is 5.61. The molecule has 2 fully saturated rings. The van der Waals surface area contributed by atoms with Crippen LogP contribution in [0.5, 0.6) is 0 Å². The molecule has 3 nitrogen and oxygen atoms in total. The van der Waals surface area contributed by atoms with Crippen LogP contribution >= 0.6 is 0 Å². The first-order valence-corrected chi connectivity index (χ1v) is 8.86. The zero-order chi connectivity index (χ0) is 16.3. The highest BCUT2D eigenvalue weighted by Gasteiger charge is 2.36. The average molecular weight is 318 g/mol. The van der Waals surface area contributed by atoms with Gasteiger partial charge in [-0.05, 0) is 56.8 Å². The van der Waals surface area contributed by atoms with Crippen LogP contribution in [0.1, 0.15) is 51.0 Å². The standard InChI is InChI=1S/C19H27FN2O/c1-14-12-15(8-11-21-14)18(23)22-13-19(9-2-3-10-19)16-4-6-17(20)7-5-16/h4-7,14-15,21H,2-3,8-13H2,1H3,(H,22,23)/t14-,15-/m0/s1. The minimum atomic E-state index is -0.199. The third kappa shape index (κ3) is 3.74. The Labute approximate surface area is 138 Å². The lowest BCUT2D eigenvalue weighted by Gasteiger charge is -2.32. The number of piperidine rings is 1. The number of hydrogen-bond acceptors (Lipinski definition) is 2. The van der Waals surface area contributed by atoms with Gasteiger partial charge in [-0.25, -0.2) is 4.39 Å². The first kappa shape index (κ1) is 16.4. The SMILES string of the molecule is C[C@H]1C[C@@H](C(=O)NCC2(c3ccc(F)cc3)CCCC2)CCN1. The van der Waals surface area contributed by atoms with Crippen molar-refractivity contribution in [3.8, 4) is 0 Å². The first-order chi connectivity index (χ1) is 11.1. The Morgan fingerprint density at radius 1 is 1.30 bits per heavy atom. The van der Waals surface area contributed by atoms with Crippen LogP contribution in [0.15, 0.2) is 24.3 Å². The Bertz CT molecular complexity index is 537. The number of hydrogen-bond donors (Lipinski definition) is 2. The van der Waals surface area contributed by atoms with Crippen molar-refractivity contribution >= 4 is 5.91 Å². The number of benzene rings is 1. The van der Waals surface area contributed by atoms with Crippen LogP contribution in [0.3, 0.4) is 0 Å². The maximum Gasteiger partial charge on any atom is 0.223 e. The Hall–Kier alpha value is -1.42.